The number of amides is 1. The predicted octanol–water partition coefficient (Wildman–Crippen LogP) is 6.76. The van der Waals surface area contributed by atoms with Gasteiger partial charge in [-0.15, -0.1) is 0 Å². The molecule has 2 aromatic carbocycles. The fourth-order valence-corrected chi connectivity index (χ4v) is 5.49. The Morgan fingerprint density at radius 1 is 1.04 bits per heavy atom. The smallest absolute Gasteiger partial charge is 0.444 e. The third-order valence-electron chi connectivity index (χ3n) is 6.57. The lowest BCUT2D eigenvalue weighted by Crippen LogP contribution is -2.36. The first-order valence-electron chi connectivity index (χ1n) is 14.4. The molecular weight excluding hydrogens is 697 g/mol. The number of aliphatic hydroxyl groups is 1. The van der Waals surface area contributed by atoms with E-state index in [1.54, 1.807) is 20.8 Å². The maximum Gasteiger partial charge on any atom is 0.516 e. The largest absolute Gasteiger partial charge is 0.516 e. The lowest BCUT2D eigenvalue weighted by Gasteiger charge is -2.25. The van der Waals surface area contributed by atoms with Crippen LogP contribution in [-0.2, 0) is 28.2 Å². The molecule has 2 heterocycles. The number of nitrogens with one attached hydrogen (secondary N) is 2. The van der Waals surface area contributed by atoms with Crippen molar-refractivity contribution in [2.24, 2.45) is 7.05 Å². The van der Waals surface area contributed by atoms with Crippen LogP contribution in [0.3, 0.4) is 0 Å². The van der Waals surface area contributed by atoms with Gasteiger partial charge in [0.05, 0.1) is 27.7 Å². The average molecular weight is 728 g/mol. The van der Waals surface area contributed by atoms with Crippen molar-refractivity contribution in [3.63, 3.8) is 0 Å². The summed E-state index contributed by atoms with van der Waals surface area (Å²) in [4.78, 5) is 17.8. The molecule has 0 aliphatic rings. The standard InChI is InChI=1S/C32H31ClF5N5O5S/c1-30(2,3)48-29(44)40-24(15-17-13-18(34)16-19(35)14-17)26-21(8-7-20(39-26)11-12-31(4,5)45)22-9-10-23(33)25-27(22)43(6)41-28(25)42-49(46,47)32(36,37)38/h7-10,13-14,16,24,45H,15H2,1-6H3,(H,40,44)(H,41,42). The van der Waals surface area contributed by atoms with Gasteiger partial charge in [-0.2, -0.15) is 26.7 Å². The van der Waals surface area contributed by atoms with Crippen molar-refractivity contribution in [2.75, 3.05) is 4.72 Å². The molecule has 1 atom stereocenters. The molecule has 0 bridgehead atoms. The zero-order valence-electron chi connectivity index (χ0n) is 26.9. The summed E-state index contributed by atoms with van der Waals surface area (Å²) in [7, 11) is -4.55. The molecule has 17 heteroatoms. The Kier molecular flexibility index (Phi) is 10.3. The molecule has 4 rings (SSSR count). The van der Waals surface area contributed by atoms with Gasteiger partial charge in [-0.25, -0.2) is 18.6 Å². The Bertz CT molecular complexity index is 2080. The summed E-state index contributed by atoms with van der Waals surface area (Å²) in [6.07, 6.45) is -1.16. The SMILES string of the molecule is Cn1nc(NS(=O)(=O)C(F)(F)F)c2c(Cl)ccc(-c3ccc(C#CC(C)(C)O)nc3C(Cc3cc(F)cc(F)c3)NC(=O)OC(C)(C)C)c21. The number of carbonyl (C=O) groups excluding carboxylic acids is 1. The Labute approximate surface area is 283 Å². The quantitative estimate of drug-likeness (QED) is 0.141. The number of benzene rings is 2. The third-order valence-corrected chi connectivity index (χ3v) is 7.95. The van der Waals surface area contributed by atoms with E-state index in [1.165, 1.54) is 49.9 Å². The second-order valence-corrected chi connectivity index (χ2v) is 14.5. The minimum Gasteiger partial charge on any atom is -0.444 e. The van der Waals surface area contributed by atoms with E-state index in [1.807, 2.05) is 0 Å². The number of nitrogens with zero attached hydrogens (tertiary/aromatic N) is 3. The number of fused-ring (bicyclic) bond motifs is 1. The normalized spacial score (nSPS) is 13.1. The molecule has 10 nitrogen and oxygen atoms in total. The number of alkyl carbamates (subject to hydrolysis) is 1. The highest BCUT2D eigenvalue weighted by Gasteiger charge is 2.47. The second kappa shape index (κ2) is 13.4. The highest BCUT2D eigenvalue weighted by Crippen LogP contribution is 2.40. The van der Waals surface area contributed by atoms with Gasteiger partial charge < -0.3 is 15.2 Å². The summed E-state index contributed by atoms with van der Waals surface area (Å²) >= 11 is 6.39. The molecule has 0 fully saturated rings. The fraction of sp³-hybridized carbons (Fsp3) is 0.344. The van der Waals surface area contributed by atoms with Gasteiger partial charge >= 0.3 is 21.6 Å². The first-order valence-corrected chi connectivity index (χ1v) is 16.3. The number of halogens is 6. The van der Waals surface area contributed by atoms with Crippen LogP contribution in [0.4, 0.5) is 32.6 Å². The van der Waals surface area contributed by atoms with Crippen molar-refractivity contribution < 1.29 is 45.0 Å². The maximum absolute atomic E-state index is 14.3. The van der Waals surface area contributed by atoms with E-state index in [2.05, 4.69) is 27.2 Å². The molecule has 0 aliphatic carbocycles. The van der Waals surface area contributed by atoms with E-state index in [4.69, 9.17) is 16.3 Å². The van der Waals surface area contributed by atoms with Crippen LogP contribution < -0.4 is 10.0 Å². The van der Waals surface area contributed by atoms with Crippen molar-refractivity contribution in [2.45, 2.75) is 63.8 Å². The van der Waals surface area contributed by atoms with Gasteiger partial charge in [0, 0.05) is 24.2 Å². The number of anilines is 1. The molecule has 0 radical (unpaired) electrons. The number of alkyl halides is 3. The zero-order chi connectivity index (χ0) is 36.7. The van der Waals surface area contributed by atoms with Crippen molar-refractivity contribution in [3.05, 3.63) is 76.1 Å². The number of sulfonamides is 1. The fourth-order valence-electron chi connectivity index (χ4n) is 4.74. The average Bonchev–Trinajstić information content (AvgIpc) is 3.25. The van der Waals surface area contributed by atoms with Crippen molar-refractivity contribution in [1.29, 1.82) is 0 Å². The van der Waals surface area contributed by atoms with Gasteiger partial charge in [-0.05, 0) is 82.9 Å². The molecule has 2 aromatic heterocycles. The van der Waals surface area contributed by atoms with Gasteiger partial charge in [-0.3, -0.25) is 9.40 Å². The minimum atomic E-state index is -5.89. The third kappa shape index (κ3) is 9.17. The zero-order valence-corrected chi connectivity index (χ0v) is 28.5. The van der Waals surface area contributed by atoms with E-state index < -0.39 is 56.3 Å². The molecule has 0 aliphatic heterocycles. The number of ether oxygens (including phenoxy) is 1. The van der Waals surface area contributed by atoms with Crippen LogP contribution in [0.5, 0.6) is 0 Å². The molecular formula is C32H31ClF5N5O5S. The van der Waals surface area contributed by atoms with Gasteiger partial charge in [0.1, 0.15) is 28.5 Å². The Hall–Kier alpha value is -4.46. The van der Waals surface area contributed by atoms with E-state index in [0.29, 0.717) is 6.07 Å². The summed E-state index contributed by atoms with van der Waals surface area (Å²) in [5, 5.41) is 16.5. The summed E-state index contributed by atoms with van der Waals surface area (Å²) < 4.78 is 100. The second-order valence-electron chi connectivity index (χ2n) is 12.5. The van der Waals surface area contributed by atoms with Crippen molar-refractivity contribution in [3.8, 4) is 23.0 Å². The first-order chi connectivity index (χ1) is 22.4. The summed E-state index contributed by atoms with van der Waals surface area (Å²) in [6.45, 7) is 7.75. The maximum atomic E-state index is 14.3. The first kappa shape index (κ1) is 37.4. The lowest BCUT2D eigenvalue weighted by molar-refractivity contribution is -0.0429. The summed E-state index contributed by atoms with van der Waals surface area (Å²) in [5.41, 5.74) is -7.24. The molecule has 4 aromatic rings. The number of rotatable bonds is 7. The van der Waals surface area contributed by atoms with E-state index in [0.717, 1.165) is 16.8 Å². The molecule has 1 unspecified atom stereocenters. The lowest BCUT2D eigenvalue weighted by atomic mass is 9.94. The number of pyridine rings is 1. The predicted molar refractivity (Wildman–Crippen MR) is 173 cm³/mol. The van der Waals surface area contributed by atoms with Gasteiger partial charge in [0.15, 0.2) is 5.82 Å². The highest BCUT2D eigenvalue weighted by atomic mass is 35.5. The molecule has 0 spiro atoms. The van der Waals surface area contributed by atoms with Crippen LogP contribution in [0.15, 0.2) is 42.5 Å². The number of hydrogen-bond acceptors (Lipinski definition) is 7. The van der Waals surface area contributed by atoms with Crippen LogP contribution in [0.25, 0.3) is 22.0 Å². The van der Waals surface area contributed by atoms with Crippen LogP contribution in [0.1, 0.15) is 57.6 Å². The van der Waals surface area contributed by atoms with E-state index in [9.17, 15) is 40.3 Å². The Balaban J connectivity index is 2.01. The van der Waals surface area contributed by atoms with Crippen molar-refractivity contribution in [1.82, 2.24) is 20.1 Å². The molecule has 262 valence electrons. The minimum absolute atomic E-state index is 0.0559. The molecule has 0 saturated carbocycles. The highest BCUT2D eigenvalue weighted by molar-refractivity contribution is 7.93. The van der Waals surface area contributed by atoms with Gasteiger partial charge in [-0.1, -0.05) is 23.6 Å². The monoisotopic (exact) mass is 727 g/mol. The summed E-state index contributed by atoms with van der Waals surface area (Å²) in [5.74, 6) is 2.89. The number of carbonyl (C=O) groups is 1. The molecule has 1 amide bonds. The van der Waals surface area contributed by atoms with Crippen LogP contribution in [0, 0.1) is 23.5 Å². The van der Waals surface area contributed by atoms with Crippen molar-refractivity contribution >= 4 is 44.4 Å². The Morgan fingerprint density at radius 3 is 2.22 bits per heavy atom. The molecule has 0 saturated heterocycles. The van der Waals surface area contributed by atoms with Crippen LogP contribution in [-0.4, -0.2) is 51.1 Å². The topological polar surface area (TPSA) is 135 Å². The number of aromatic nitrogens is 3. The molecule has 49 heavy (non-hydrogen) atoms. The van der Waals surface area contributed by atoms with Gasteiger partial charge in [0.2, 0.25) is 0 Å². The summed E-state index contributed by atoms with van der Waals surface area (Å²) in [6, 6.07) is 7.37. The molecule has 3 N–H and O–H groups in total. The Morgan fingerprint density at radius 2 is 1.65 bits per heavy atom. The van der Waals surface area contributed by atoms with Crippen LogP contribution >= 0.6 is 11.6 Å². The number of aryl methyl sites for hydroxylation is 1. The van der Waals surface area contributed by atoms with E-state index in [-0.39, 0.29) is 50.4 Å². The number of hydrogen-bond donors (Lipinski definition) is 3. The van der Waals surface area contributed by atoms with Crippen LogP contribution in [0.2, 0.25) is 5.02 Å². The van der Waals surface area contributed by atoms with Gasteiger partial charge in [0.25, 0.3) is 0 Å². The van der Waals surface area contributed by atoms with E-state index >= 15 is 0 Å².